The normalized spacial score (nSPS) is 12.4. The summed E-state index contributed by atoms with van der Waals surface area (Å²) in [7, 11) is -4.69. The zero-order valence-electron chi connectivity index (χ0n) is 15.2. The first-order valence-electron chi connectivity index (χ1n) is 8.28. The highest BCUT2D eigenvalue weighted by Gasteiger charge is 2.32. The van der Waals surface area contributed by atoms with Crippen molar-refractivity contribution in [2.24, 2.45) is 0 Å². The fourth-order valence-electron chi connectivity index (χ4n) is 2.68. The summed E-state index contributed by atoms with van der Waals surface area (Å²) in [5, 5.41) is 1.43. The molecule has 6 nitrogen and oxygen atoms in total. The molecule has 3 rings (SSSR count). The maximum Gasteiger partial charge on any atom is 0.331 e. The average Bonchev–Trinajstić information content (AvgIpc) is 3.05. The molecule has 0 fully saturated rings. The second kappa shape index (κ2) is 8.65. The topological polar surface area (TPSA) is 72.9 Å². The lowest BCUT2D eigenvalue weighted by molar-refractivity contribution is 0.276. The molecular weight excluding hydrogens is 485 g/mol. The summed E-state index contributed by atoms with van der Waals surface area (Å²) in [5.41, 5.74) is 0. The molecular formula is C18H19BrNO5PS2. The molecule has 0 spiro atoms. The second-order valence-electron chi connectivity index (χ2n) is 5.81. The molecule has 10 heteroatoms. The van der Waals surface area contributed by atoms with Crippen LogP contribution in [0, 0.1) is 0 Å². The largest absolute Gasteiger partial charge is 0.331 e. The van der Waals surface area contributed by atoms with Crippen molar-refractivity contribution in [2.75, 3.05) is 31.2 Å². The highest BCUT2D eigenvalue weighted by atomic mass is 79.9. The minimum absolute atomic E-state index is 0.0540. The molecule has 0 aliphatic heterocycles. The number of hydrogen-bond acceptors (Lipinski definition) is 6. The third-order valence-corrected chi connectivity index (χ3v) is 10.3. The maximum absolute atomic E-state index is 13.4. The van der Waals surface area contributed by atoms with Crippen molar-refractivity contribution in [1.82, 2.24) is 0 Å². The summed E-state index contributed by atoms with van der Waals surface area (Å²) in [6.07, 6.45) is -0.0766. The molecule has 0 atom stereocenters. The third-order valence-electron chi connectivity index (χ3n) is 4.21. The van der Waals surface area contributed by atoms with Gasteiger partial charge in [-0.15, -0.1) is 11.3 Å². The molecule has 0 amide bonds. The lowest BCUT2D eigenvalue weighted by Crippen LogP contribution is -2.33. The van der Waals surface area contributed by atoms with Gasteiger partial charge in [-0.05, 0) is 34.1 Å². The SMILES string of the molecule is COP(=O)(CCN(c1sc2ccccc2c1Br)S(=O)(=O)c1ccccc1)OC. The van der Waals surface area contributed by atoms with Gasteiger partial charge in [0.25, 0.3) is 10.0 Å². The van der Waals surface area contributed by atoms with Gasteiger partial charge < -0.3 is 9.05 Å². The van der Waals surface area contributed by atoms with E-state index in [1.165, 1.54) is 42.0 Å². The highest BCUT2D eigenvalue weighted by Crippen LogP contribution is 2.48. The highest BCUT2D eigenvalue weighted by molar-refractivity contribution is 9.10. The summed E-state index contributed by atoms with van der Waals surface area (Å²) < 4.78 is 52.2. The monoisotopic (exact) mass is 503 g/mol. The van der Waals surface area contributed by atoms with Crippen LogP contribution in [-0.4, -0.2) is 35.3 Å². The van der Waals surface area contributed by atoms with E-state index in [1.807, 2.05) is 24.3 Å². The molecule has 0 unspecified atom stereocenters. The molecule has 2 aromatic carbocycles. The van der Waals surface area contributed by atoms with Crippen LogP contribution in [-0.2, 0) is 23.6 Å². The zero-order chi connectivity index (χ0) is 20.4. The Morgan fingerprint density at radius 3 is 2.25 bits per heavy atom. The molecule has 1 heterocycles. The van der Waals surface area contributed by atoms with Crippen LogP contribution >= 0.6 is 34.9 Å². The van der Waals surface area contributed by atoms with Crippen LogP contribution in [0.1, 0.15) is 0 Å². The fraction of sp³-hybridized carbons (Fsp3) is 0.222. The van der Waals surface area contributed by atoms with Crippen molar-refractivity contribution in [3.8, 4) is 0 Å². The quantitative estimate of drug-likeness (QED) is 0.387. The molecule has 0 saturated heterocycles. The molecule has 28 heavy (non-hydrogen) atoms. The molecule has 0 N–H and O–H groups in total. The van der Waals surface area contributed by atoms with Crippen LogP contribution in [0.3, 0.4) is 0 Å². The first-order chi connectivity index (χ1) is 13.3. The van der Waals surface area contributed by atoms with Crippen LogP contribution < -0.4 is 4.31 Å². The van der Waals surface area contributed by atoms with Gasteiger partial charge in [-0.3, -0.25) is 8.87 Å². The van der Waals surface area contributed by atoms with E-state index in [2.05, 4.69) is 15.9 Å². The van der Waals surface area contributed by atoms with Gasteiger partial charge >= 0.3 is 7.60 Å². The van der Waals surface area contributed by atoms with Gasteiger partial charge in [0.2, 0.25) is 0 Å². The number of hydrogen-bond donors (Lipinski definition) is 0. The summed E-state index contributed by atoms with van der Waals surface area (Å²) in [5.74, 6) is 0. The van der Waals surface area contributed by atoms with Crippen LogP contribution in [0.25, 0.3) is 10.1 Å². The number of halogens is 1. The predicted octanol–water partition coefficient (Wildman–Crippen LogP) is 5.35. The van der Waals surface area contributed by atoms with Crippen molar-refractivity contribution >= 4 is 60.0 Å². The van der Waals surface area contributed by atoms with Gasteiger partial charge in [0.1, 0.15) is 5.00 Å². The molecule has 150 valence electrons. The molecule has 0 saturated carbocycles. The Labute approximate surface area is 176 Å². The molecule has 0 bridgehead atoms. The number of nitrogens with zero attached hydrogens (tertiary/aromatic N) is 1. The standard InChI is InChI=1S/C18H19BrNO5PS2/c1-24-26(21,25-2)13-12-20(28(22,23)14-8-4-3-5-9-14)18-17(19)15-10-6-7-11-16(15)27-18/h3-11H,12-13H2,1-2H3. The summed E-state index contributed by atoms with van der Waals surface area (Å²) in [4.78, 5) is 0.157. The summed E-state index contributed by atoms with van der Waals surface area (Å²) in [6, 6.07) is 15.8. The number of benzene rings is 2. The van der Waals surface area contributed by atoms with E-state index in [0.717, 1.165) is 10.1 Å². The van der Waals surface area contributed by atoms with Crippen LogP contribution in [0.15, 0.2) is 64.0 Å². The van der Waals surface area contributed by atoms with E-state index in [0.29, 0.717) is 9.47 Å². The molecule has 0 aliphatic carbocycles. The summed E-state index contributed by atoms with van der Waals surface area (Å²) in [6.45, 7) is -0.0540. The second-order valence-corrected chi connectivity index (χ2v) is 11.9. The lowest BCUT2D eigenvalue weighted by atomic mass is 10.3. The van der Waals surface area contributed by atoms with E-state index >= 15 is 0 Å². The maximum atomic E-state index is 13.4. The van der Waals surface area contributed by atoms with Crippen LogP contribution in [0.5, 0.6) is 0 Å². The van der Waals surface area contributed by atoms with Gasteiger partial charge in [-0.1, -0.05) is 36.4 Å². The Morgan fingerprint density at radius 2 is 1.64 bits per heavy atom. The van der Waals surface area contributed by atoms with Crippen molar-refractivity contribution < 1.29 is 22.0 Å². The molecule has 0 radical (unpaired) electrons. The predicted molar refractivity (Wildman–Crippen MR) is 117 cm³/mol. The Bertz CT molecular complexity index is 1110. The van der Waals surface area contributed by atoms with E-state index in [-0.39, 0.29) is 17.6 Å². The smallest absolute Gasteiger partial charge is 0.312 e. The average molecular weight is 504 g/mol. The zero-order valence-corrected chi connectivity index (χ0v) is 19.4. The van der Waals surface area contributed by atoms with Crippen molar-refractivity contribution in [2.45, 2.75) is 4.90 Å². The Morgan fingerprint density at radius 1 is 1.04 bits per heavy atom. The van der Waals surface area contributed by atoms with Gasteiger partial charge in [-0.25, -0.2) is 8.42 Å². The number of sulfonamides is 1. The molecule has 1 aromatic heterocycles. The number of anilines is 1. The van der Waals surface area contributed by atoms with Crippen molar-refractivity contribution in [3.05, 3.63) is 59.1 Å². The van der Waals surface area contributed by atoms with Gasteiger partial charge in [0.05, 0.1) is 15.5 Å². The van der Waals surface area contributed by atoms with Crippen molar-refractivity contribution in [1.29, 1.82) is 0 Å². The van der Waals surface area contributed by atoms with E-state index < -0.39 is 17.6 Å². The summed E-state index contributed by atoms with van der Waals surface area (Å²) >= 11 is 4.89. The van der Waals surface area contributed by atoms with E-state index in [1.54, 1.807) is 18.2 Å². The first-order valence-corrected chi connectivity index (χ1v) is 13.1. The molecule has 0 aliphatic rings. The minimum Gasteiger partial charge on any atom is -0.312 e. The fourth-order valence-corrected chi connectivity index (χ4v) is 7.66. The van der Waals surface area contributed by atoms with E-state index in [9.17, 15) is 13.0 Å². The van der Waals surface area contributed by atoms with Crippen LogP contribution in [0.2, 0.25) is 0 Å². The third kappa shape index (κ3) is 4.20. The lowest BCUT2D eigenvalue weighted by Gasteiger charge is -2.25. The minimum atomic E-state index is -3.88. The molecule has 3 aromatic rings. The Kier molecular flexibility index (Phi) is 6.64. The first kappa shape index (κ1) is 21.5. The Balaban J connectivity index is 2.11. The Hall–Kier alpha value is -1.22. The number of fused-ring (bicyclic) bond motifs is 1. The van der Waals surface area contributed by atoms with Crippen molar-refractivity contribution in [3.63, 3.8) is 0 Å². The van der Waals surface area contributed by atoms with Gasteiger partial charge in [0, 0.05) is 30.9 Å². The number of rotatable bonds is 8. The van der Waals surface area contributed by atoms with Gasteiger partial charge in [0.15, 0.2) is 0 Å². The number of thiophene rings is 1. The van der Waals surface area contributed by atoms with E-state index in [4.69, 9.17) is 9.05 Å². The van der Waals surface area contributed by atoms with Gasteiger partial charge in [-0.2, -0.15) is 0 Å². The van der Waals surface area contributed by atoms with Crippen LogP contribution in [0.4, 0.5) is 5.00 Å².